The van der Waals surface area contributed by atoms with E-state index in [2.05, 4.69) is 10.1 Å². The van der Waals surface area contributed by atoms with E-state index in [1.54, 1.807) is 42.5 Å². The normalized spacial score (nSPS) is 12.0. The molecule has 128 valence electrons. The smallest absolute Gasteiger partial charge is 0.387 e. The van der Waals surface area contributed by atoms with Crippen molar-refractivity contribution in [3.8, 4) is 5.75 Å². The average Bonchev–Trinajstić information content (AvgIpc) is 2.55. The summed E-state index contributed by atoms with van der Waals surface area (Å²) >= 11 is 0. The lowest BCUT2D eigenvalue weighted by molar-refractivity contribution is -0.121. The fraction of sp³-hybridized carbons (Fsp3) is 0.278. The molecule has 1 atom stereocenters. The number of alkyl halides is 2. The summed E-state index contributed by atoms with van der Waals surface area (Å²) < 4.78 is 29.6. The van der Waals surface area contributed by atoms with Gasteiger partial charge in [0.1, 0.15) is 5.75 Å². The lowest BCUT2D eigenvalue weighted by atomic mass is 10.0. The number of ether oxygens (including phenoxy) is 1. The van der Waals surface area contributed by atoms with Crippen LogP contribution in [-0.2, 0) is 11.2 Å². The van der Waals surface area contributed by atoms with Gasteiger partial charge in [-0.1, -0.05) is 37.3 Å². The Kier molecular flexibility index (Phi) is 6.12. The molecule has 0 aliphatic heterocycles. The maximum absolute atomic E-state index is 12.5. The van der Waals surface area contributed by atoms with Gasteiger partial charge in [-0.2, -0.15) is 8.78 Å². The van der Waals surface area contributed by atoms with Crippen LogP contribution in [0.15, 0.2) is 48.5 Å². The molecule has 2 aromatic carbocycles. The number of nitrogens with two attached hydrogens (primary N) is 1. The summed E-state index contributed by atoms with van der Waals surface area (Å²) in [4.78, 5) is 12.2. The summed E-state index contributed by atoms with van der Waals surface area (Å²) in [7, 11) is 0. The Morgan fingerprint density at radius 1 is 1.17 bits per heavy atom. The van der Waals surface area contributed by atoms with Crippen molar-refractivity contribution in [2.24, 2.45) is 0 Å². The van der Waals surface area contributed by atoms with E-state index in [9.17, 15) is 13.6 Å². The summed E-state index contributed by atoms with van der Waals surface area (Å²) in [6.45, 7) is -1.04. The van der Waals surface area contributed by atoms with Crippen LogP contribution in [0.4, 0.5) is 14.5 Å². The van der Waals surface area contributed by atoms with E-state index in [-0.39, 0.29) is 18.1 Å². The molecular weight excluding hydrogens is 314 g/mol. The highest BCUT2D eigenvalue weighted by Gasteiger charge is 2.18. The highest BCUT2D eigenvalue weighted by molar-refractivity contribution is 5.79. The summed E-state index contributed by atoms with van der Waals surface area (Å²) in [5.74, 6) is -0.120. The minimum Gasteiger partial charge on any atom is -0.434 e. The lowest BCUT2D eigenvalue weighted by Crippen LogP contribution is -2.30. The van der Waals surface area contributed by atoms with E-state index in [1.807, 2.05) is 6.92 Å². The fourth-order valence-corrected chi connectivity index (χ4v) is 2.44. The molecule has 0 radical (unpaired) electrons. The fourth-order valence-electron chi connectivity index (χ4n) is 2.44. The molecule has 1 amide bonds. The molecule has 0 saturated heterocycles. The predicted molar refractivity (Wildman–Crippen MR) is 88.8 cm³/mol. The van der Waals surface area contributed by atoms with E-state index in [0.29, 0.717) is 17.7 Å². The monoisotopic (exact) mass is 334 g/mol. The molecule has 4 nitrogen and oxygen atoms in total. The van der Waals surface area contributed by atoms with Crippen LogP contribution in [0.5, 0.6) is 5.75 Å². The van der Waals surface area contributed by atoms with E-state index >= 15 is 0 Å². The zero-order chi connectivity index (χ0) is 17.5. The molecule has 2 rings (SSSR count). The second kappa shape index (κ2) is 8.29. The molecule has 0 fully saturated rings. The van der Waals surface area contributed by atoms with E-state index in [4.69, 9.17) is 5.73 Å². The molecule has 24 heavy (non-hydrogen) atoms. The number of anilines is 1. The van der Waals surface area contributed by atoms with Crippen LogP contribution in [0, 0.1) is 0 Å². The molecule has 0 saturated carbocycles. The second-order valence-electron chi connectivity index (χ2n) is 5.36. The Labute approximate surface area is 139 Å². The van der Waals surface area contributed by atoms with Gasteiger partial charge in [0, 0.05) is 11.3 Å². The minimum atomic E-state index is -2.91. The van der Waals surface area contributed by atoms with Crippen molar-refractivity contribution in [3.05, 3.63) is 59.7 Å². The van der Waals surface area contributed by atoms with Crippen molar-refractivity contribution < 1.29 is 18.3 Å². The third kappa shape index (κ3) is 4.94. The zero-order valence-corrected chi connectivity index (χ0v) is 13.3. The molecule has 0 aromatic heterocycles. The van der Waals surface area contributed by atoms with Crippen molar-refractivity contribution in [3.63, 3.8) is 0 Å². The maximum atomic E-state index is 12.5. The molecule has 0 heterocycles. The van der Waals surface area contributed by atoms with Crippen LogP contribution in [-0.4, -0.2) is 12.5 Å². The van der Waals surface area contributed by atoms with E-state index < -0.39 is 12.7 Å². The van der Waals surface area contributed by atoms with Gasteiger partial charge in [0.2, 0.25) is 5.91 Å². The molecule has 3 N–H and O–H groups in total. The van der Waals surface area contributed by atoms with Gasteiger partial charge in [-0.3, -0.25) is 4.79 Å². The van der Waals surface area contributed by atoms with Crippen LogP contribution in [0.2, 0.25) is 0 Å². The Hall–Kier alpha value is -2.63. The number of para-hydroxylation sites is 1. The first kappa shape index (κ1) is 17.7. The maximum Gasteiger partial charge on any atom is 0.387 e. The number of nitrogens with one attached hydrogen (secondary N) is 1. The second-order valence-corrected chi connectivity index (χ2v) is 5.36. The summed E-state index contributed by atoms with van der Waals surface area (Å²) in [5, 5.41) is 2.86. The van der Waals surface area contributed by atoms with Gasteiger partial charge in [-0.05, 0) is 30.2 Å². The predicted octanol–water partition coefficient (Wildman–Crippen LogP) is 3.68. The third-order valence-corrected chi connectivity index (χ3v) is 3.60. The summed E-state index contributed by atoms with van der Waals surface area (Å²) in [6.07, 6.45) is 0.742. The number of carbonyl (C=O) groups excluding carboxylic acids is 1. The Balaban J connectivity index is 2.08. The van der Waals surface area contributed by atoms with Gasteiger partial charge < -0.3 is 15.8 Å². The van der Waals surface area contributed by atoms with Crippen molar-refractivity contribution in [2.75, 3.05) is 5.73 Å². The molecule has 6 heteroatoms. The molecule has 0 bridgehead atoms. The van der Waals surface area contributed by atoms with Gasteiger partial charge in [0.25, 0.3) is 0 Å². The van der Waals surface area contributed by atoms with Crippen molar-refractivity contribution >= 4 is 11.6 Å². The van der Waals surface area contributed by atoms with E-state index in [1.165, 1.54) is 6.07 Å². The zero-order valence-electron chi connectivity index (χ0n) is 13.3. The highest BCUT2D eigenvalue weighted by Crippen LogP contribution is 2.28. The van der Waals surface area contributed by atoms with Gasteiger partial charge >= 0.3 is 6.61 Å². The standard InChI is InChI=1S/C18H20F2N2O2/c1-2-15(14-5-3-4-6-16(14)24-18(19)20)22-17(23)11-12-7-9-13(21)10-8-12/h3-10,15,18H,2,11,21H2,1H3,(H,22,23). The number of nitrogen functional groups attached to an aromatic ring is 1. The SMILES string of the molecule is CCC(NC(=O)Cc1ccc(N)cc1)c1ccccc1OC(F)F. The number of benzene rings is 2. The topological polar surface area (TPSA) is 64.4 Å². The van der Waals surface area contributed by atoms with E-state index in [0.717, 1.165) is 5.56 Å². The first-order chi connectivity index (χ1) is 11.5. The van der Waals surface area contributed by atoms with Gasteiger partial charge in [-0.15, -0.1) is 0 Å². The molecule has 0 aliphatic rings. The number of halogens is 2. The van der Waals surface area contributed by atoms with Crippen LogP contribution in [0.3, 0.4) is 0 Å². The number of rotatable bonds is 7. The number of hydrogen-bond acceptors (Lipinski definition) is 3. The molecule has 0 spiro atoms. The molecule has 2 aromatic rings. The highest BCUT2D eigenvalue weighted by atomic mass is 19.3. The minimum absolute atomic E-state index is 0.0761. The largest absolute Gasteiger partial charge is 0.434 e. The summed E-state index contributed by atoms with van der Waals surface area (Å²) in [6, 6.07) is 13.1. The van der Waals surface area contributed by atoms with Crippen LogP contribution in [0.1, 0.15) is 30.5 Å². The third-order valence-electron chi connectivity index (χ3n) is 3.60. The van der Waals surface area contributed by atoms with Crippen molar-refractivity contribution in [2.45, 2.75) is 32.4 Å². The van der Waals surface area contributed by atoms with Gasteiger partial charge in [-0.25, -0.2) is 0 Å². The van der Waals surface area contributed by atoms with Crippen LogP contribution < -0.4 is 15.8 Å². The van der Waals surface area contributed by atoms with Crippen LogP contribution in [0.25, 0.3) is 0 Å². The lowest BCUT2D eigenvalue weighted by Gasteiger charge is -2.20. The number of amides is 1. The quantitative estimate of drug-likeness (QED) is 0.759. The van der Waals surface area contributed by atoms with Gasteiger partial charge in [0.15, 0.2) is 0 Å². The number of hydrogen-bond donors (Lipinski definition) is 2. The average molecular weight is 334 g/mol. The molecular formula is C18H20F2N2O2. The Bertz CT molecular complexity index is 675. The Morgan fingerprint density at radius 2 is 1.83 bits per heavy atom. The summed E-state index contributed by atoms with van der Waals surface area (Å²) in [5.41, 5.74) is 7.61. The van der Waals surface area contributed by atoms with Crippen LogP contribution >= 0.6 is 0 Å². The molecule has 1 unspecified atom stereocenters. The first-order valence-electron chi connectivity index (χ1n) is 7.67. The van der Waals surface area contributed by atoms with Crippen molar-refractivity contribution in [1.82, 2.24) is 5.32 Å². The Morgan fingerprint density at radius 3 is 2.46 bits per heavy atom. The van der Waals surface area contributed by atoms with Crippen molar-refractivity contribution in [1.29, 1.82) is 0 Å². The number of carbonyl (C=O) groups is 1. The molecule has 0 aliphatic carbocycles. The first-order valence-corrected chi connectivity index (χ1v) is 7.67. The van der Waals surface area contributed by atoms with Gasteiger partial charge in [0.05, 0.1) is 12.5 Å².